The molecule has 0 spiro atoms. The molecule has 0 radical (unpaired) electrons. The van der Waals surface area contributed by atoms with Crippen LogP contribution in [-0.4, -0.2) is 27.7 Å². The summed E-state index contributed by atoms with van der Waals surface area (Å²) in [5, 5.41) is 18.5. The van der Waals surface area contributed by atoms with E-state index >= 15 is 0 Å². The van der Waals surface area contributed by atoms with Crippen LogP contribution in [0.1, 0.15) is 47.0 Å². The monoisotopic (exact) mass is 323 g/mol. The Bertz CT molecular complexity index is 757. The van der Waals surface area contributed by atoms with Crippen molar-refractivity contribution in [3.63, 3.8) is 0 Å². The quantitative estimate of drug-likeness (QED) is 0.889. The second kappa shape index (κ2) is 7.21. The minimum Gasteiger partial charge on any atom is -0.396 e. The predicted octanol–water partition coefficient (Wildman–Crippen LogP) is 3.08. The first-order valence-electron chi connectivity index (χ1n) is 8.63. The van der Waals surface area contributed by atoms with Crippen molar-refractivity contribution in [1.29, 1.82) is 5.26 Å². The van der Waals surface area contributed by atoms with Gasteiger partial charge in [-0.1, -0.05) is 24.3 Å². The third-order valence-corrected chi connectivity index (χ3v) is 5.27. The van der Waals surface area contributed by atoms with Gasteiger partial charge >= 0.3 is 0 Å². The predicted molar refractivity (Wildman–Crippen MR) is 94.5 cm³/mol. The number of nitrogens with zero attached hydrogens (tertiary/aromatic N) is 3. The normalized spacial score (nSPS) is 16.4. The summed E-state index contributed by atoms with van der Waals surface area (Å²) < 4.78 is 1.96. The SMILES string of the molecule is Cc1c(CN(CCCO)C2CCc3ccccc32)cc(C#N)n1C. The molecule has 4 heteroatoms. The first-order chi connectivity index (χ1) is 11.7. The number of hydrogen-bond donors (Lipinski definition) is 1. The molecule has 1 aromatic heterocycles. The van der Waals surface area contributed by atoms with Crippen LogP contribution in [0.5, 0.6) is 0 Å². The summed E-state index contributed by atoms with van der Waals surface area (Å²) in [5.74, 6) is 0. The molecule has 0 aliphatic heterocycles. The molecule has 2 aromatic rings. The Morgan fingerprint density at radius 1 is 1.38 bits per heavy atom. The first kappa shape index (κ1) is 16.8. The molecule has 1 N–H and O–H groups in total. The van der Waals surface area contributed by atoms with Gasteiger partial charge in [-0.2, -0.15) is 5.26 Å². The van der Waals surface area contributed by atoms with E-state index in [0.29, 0.717) is 11.7 Å². The summed E-state index contributed by atoms with van der Waals surface area (Å²) >= 11 is 0. The van der Waals surface area contributed by atoms with Crippen LogP contribution in [0.2, 0.25) is 0 Å². The van der Waals surface area contributed by atoms with E-state index in [-0.39, 0.29) is 6.61 Å². The Hall–Kier alpha value is -2.09. The van der Waals surface area contributed by atoms with Crippen LogP contribution < -0.4 is 0 Å². The van der Waals surface area contributed by atoms with E-state index in [1.165, 1.54) is 16.7 Å². The average molecular weight is 323 g/mol. The molecule has 1 heterocycles. The second-order valence-corrected chi connectivity index (χ2v) is 6.61. The highest BCUT2D eigenvalue weighted by molar-refractivity contribution is 5.36. The van der Waals surface area contributed by atoms with Crippen molar-refractivity contribution in [3.8, 4) is 6.07 Å². The molecular formula is C20H25N3O. The second-order valence-electron chi connectivity index (χ2n) is 6.61. The number of aliphatic hydroxyl groups excluding tert-OH is 1. The van der Waals surface area contributed by atoms with Gasteiger partial charge in [-0.05, 0) is 48.9 Å². The van der Waals surface area contributed by atoms with Gasteiger partial charge in [0.1, 0.15) is 11.8 Å². The third kappa shape index (κ3) is 3.10. The fourth-order valence-corrected chi connectivity index (χ4v) is 3.78. The summed E-state index contributed by atoms with van der Waals surface area (Å²) in [6.07, 6.45) is 3.02. The lowest BCUT2D eigenvalue weighted by Crippen LogP contribution is -2.29. The maximum atomic E-state index is 9.29. The molecule has 3 rings (SSSR count). The molecule has 0 saturated carbocycles. The number of nitriles is 1. The van der Waals surface area contributed by atoms with Crippen LogP contribution in [-0.2, 0) is 20.0 Å². The highest BCUT2D eigenvalue weighted by atomic mass is 16.3. The Balaban J connectivity index is 1.87. The van der Waals surface area contributed by atoms with Gasteiger partial charge in [0.2, 0.25) is 0 Å². The summed E-state index contributed by atoms with van der Waals surface area (Å²) in [6.45, 7) is 3.97. The van der Waals surface area contributed by atoms with Gasteiger partial charge in [-0.25, -0.2) is 0 Å². The smallest absolute Gasteiger partial charge is 0.120 e. The van der Waals surface area contributed by atoms with E-state index in [9.17, 15) is 10.4 Å². The number of aryl methyl sites for hydroxylation is 1. The number of benzene rings is 1. The summed E-state index contributed by atoms with van der Waals surface area (Å²) in [6, 6.07) is 13.3. The topological polar surface area (TPSA) is 52.2 Å². The molecule has 1 aromatic carbocycles. The third-order valence-electron chi connectivity index (χ3n) is 5.27. The molecule has 1 atom stereocenters. The Morgan fingerprint density at radius 3 is 2.88 bits per heavy atom. The van der Waals surface area contributed by atoms with E-state index < -0.39 is 0 Å². The Kier molecular flexibility index (Phi) is 5.03. The lowest BCUT2D eigenvalue weighted by Gasteiger charge is -2.29. The molecule has 1 aliphatic carbocycles. The number of aromatic nitrogens is 1. The van der Waals surface area contributed by atoms with Crippen LogP contribution in [0.4, 0.5) is 0 Å². The fraction of sp³-hybridized carbons (Fsp3) is 0.450. The van der Waals surface area contributed by atoms with Gasteiger partial charge in [0.05, 0.1) is 0 Å². The van der Waals surface area contributed by atoms with Gasteiger partial charge in [0.15, 0.2) is 0 Å². The van der Waals surface area contributed by atoms with Crippen molar-refractivity contribution < 1.29 is 5.11 Å². The molecule has 4 nitrogen and oxygen atoms in total. The lowest BCUT2D eigenvalue weighted by molar-refractivity contribution is 0.165. The van der Waals surface area contributed by atoms with Gasteiger partial charge in [0, 0.05) is 38.5 Å². The van der Waals surface area contributed by atoms with Crippen LogP contribution >= 0.6 is 0 Å². The average Bonchev–Trinajstić information content (AvgIpc) is 3.14. The molecule has 126 valence electrons. The van der Waals surface area contributed by atoms with Gasteiger partial charge in [-0.3, -0.25) is 4.90 Å². The Labute approximate surface area is 143 Å². The largest absolute Gasteiger partial charge is 0.396 e. The highest BCUT2D eigenvalue weighted by Gasteiger charge is 2.28. The summed E-state index contributed by atoms with van der Waals surface area (Å²) in [7, 11) is 1.94. The van der Waals surface area contributed by atoms with Gasteiger partial charge in [0.25, 0.3) is 0 Å². The number of rotatable bonds is 6. The van der Waals surface area contributed by atoms with Crippen molar-refractivity contribution in [3.05, 3.63) is 58.4 Å². The van der Waals surface area contributed by atoms with Crippen molar-refractivity contribution in [2.24, 2.45) is 7.05 Å². The van der Waals surface area contributed by atoms with Crippen LogP contribution in [0.15, 0.2) is 30.3 Å². The number of fused-ring (bicyclic) bond motifs is 1. The number of aliphatic hydroxyl groups is 1. The van der Waals surface area contributed by atoms with Gasteiger partial charge in [-0.15, -0.1) is 0 Å². The Morgan fingerprint density at radius 2 is 2.17 bits per heavy atom. The molecular weight excluding hydrogens is 298 g/mol. The molecule has 1 aliphatic rings. The highest BCUT2D eigenvalue weighted by Crippen LogP contribution is 2.36. The molecule has 24 heavy (non-hydrogen) atoms. The molecule has 1 unspecified atom stereocenters. The first-order valence-corrected chi connectivity index (χ1v) is 8.63. The van der Waals surface area contributed by atoms with E-state index in [0.717, 1.165) is 38.0 Å². The summed E-state index contributed by atoms with van der Waals surface area (Å²) in [5.41, 5.74) is 5.92. The van der Waals surface area contributed by atoms with E-state index in [2.05, 4.69) is 42.2 Å². The number of hydrogen-bond acceptors (Lipinski definition) is 3. The van der Waals surface area contributed by atoms with Crippen molar-refractivity contribution in [2.75, 3.05) is 13.2 Å². The minimum atomic E-state index is 0.210. The van der Waals surface area contributed by atoms with Gasteiger partial charge < -0.3 is 9.67 Å². The van der Waals surface area contributed by atoms with E-state index in [1.807, 2.05) is 17.7 Å². The summed E-state index contributed by atoms with van der Waals surface area (Å²) in [4.78, 5) is 2.46. The zero-order valence-corrected chi connectivity index (χ0v) is 14.5. The van der Waals surface area contributed by atoms with Crippen LogP contribution in [0.25, 0.3) is 0 Å². The molecule has 0 amide bonds. The van der Waals surface area contributed by atoms with Crippen molar-refractivity contribution in [2.45, 2.75) is 38.8 Å². The van der Waals surface area contributed by atoms with Crippen LogP contribution in [0, 0.1) is 18.3 Å². The van der Waals surface area contributed by atoms with Crippen molar-refractivity contribution >= 4 is 0 Å². The zero-order valence-electron chi connectivity index (χ0n) is 14.5. The lowest BCUT2D eigenvalue weighted by atomic mass is 10.1. The van der Waals surface area contributed by atoms with E-state index in [4.69, 9.17) is 0 Å². The molecule has 0 fully saturated rings. The fourth-order valence-electron chi connectivity index (χ4n) is 3.78. The van der Waals surface area contributed by atoms with E-state index in [1.54, 1.807) is 0 Å². The van der Waals surface area contributed by atoms with Crippen molar-refractivity contribution in [1.82, 2.24) is 9.47 Å². The zero-order chi connectivity index (χ0) is 17.1. The maximum Gasteiger partial charge on any atom is 0.120 e. The standard InChI is InChI=1S/C20H25N3O/c1-15-17(12-18(13-21)22(15)2)14-23(10-5-11-24)20-9-8-16-6-3-4-7-19(16)20/h3-4,6-7,12,20,24H,5,8-11,14H2,1-2H3. The maximum absolute atomic E-state index is 9.29. The molecule has 0 saturated heterocycles. The van der Waals surface area contributed by atoms with Crippen LogP contribution in [0.3, 0.4) is 0 Å². The molecule has 0 bridgehead atoms. The minimum absolute atomic E-state index is 0.210.